The Morgan fingerprint density at radius 1 is 1.33 bits per heavy atom. The summed E-state index contributed by atoms with van der Waals surface area (Å²) in [6.45, 7) is 0.728. The van der Waals surface area contributed by atoms with Crippen LogP contribution in [0.5, 0.6) is 5.75 Å². The third-order valence-electron chi connectivity index (χ3n) is 2.31. The van der Waals surface area contributed by atoms with Gasteiger partial charge < -0.3 is 10.1 Å². The molecule has 0 atom stereocenters. The summed E-state index contributed by atoms with van der Waals surface area (Å²) in [6, 6.07) is 7.60. The Bertz CT molecular complexity index is 540. The molecule has 2 nitrogen and oxygen atoms in total. The second-order valence-corrected chi connectivity index (χ2v) is 7.28. The Morgan fingerprint density at radius 2 is 2.11 bits per heavy atom. The molecular weight excluding hydrogens is 401 g/mol. The highest BCUT2D eigenvalue weighted by molar-refractivity contribution is 9.13. The van der Waals surface area contributed by atoms with Gasteiger partial charge in [0.25, 0.3) is 0 Å². The molecule has 1 heterocycles. The fraction of sp³-hybridized carbons (Fsp3) is 0.167. The summed E-state index contributed by atoms with van der Waals surface area (Å²) in [5.74, 6) is 0.786. The number of hydrogen-bond donors (Lipinski definition) is 1. The van der Waals surface area contributed by atoms with E-state index in [0.29, 0.717) is 5.02 Å². The summed E-state index contributed by atoms with van der Waals surface area (Å²) in [4.78, 5) is 1.22. The van der Waals surface area contributed by atoms with Crippen LogP contribution < -0.4 is 10.1 Å². The van der Waals surface area contributed by atoms with Crippen LogP contribution in [0.15, 0.2) is 32.5 Å². The van der Waals surface area contributed by atoms with Gasteiger partial charge in [0.2, 0.25) is 0 Å². The minimum absolute atomic E-state index is 0.687. The predicted octanol–water partition coefficient (Wildman–Crippen LogP) is 5.55. The van der Waals surface area contributed by atoms with E-state index in [0.717, 1.165) is 26.2 Å². The fourth-order valence-corrected chi connectivity index (χ4v) is 3.77. The van der Waals surface area contributed by atoms with Crippen LogP contribution in [0.1, 0.15) is 4.88 Å². The number of thiophene rings is 1. The summed E-state index contributed by atoms with van der Waals surface area (Å²) in [5, 5.41) is 4.01. The van der Waals surface area contributed by atoms with Crippen molar-refractivity contribution in [3.05, 3.63) is 42.4 Å². The highest BCUT2D eigenvalue weighted by atomic mass is 79.9. The molecule has 0 unspecified atom stereocenters. The second kappa shape index (κ2) is 6.28. The Hall–Kier alpha value is -0.230. The third kappa shape index (κ3) is 3.41. The van der Waals surface area contributed by atoms with E-state index >= 15 is 0 Å². The van der Waals surface area contributed by atoms with Crippen molar-refractivity contribution < 1.29 is 4.74 Å². The fourth-order valence-electron chi connectivity index (χ4n) is 1.48. The van der Waals surface area contributed by atoms with E-state index in [4.69, 9.17) is 16.3 Å². The minimum Gasteiger partial charge on any atom is -0.495 e. The summed E-state index contributed by atoms with van der Waals surface area (Å²) in [5.41, 5.74) is 0.894. The van der Waals surface area contributed by atoms with Gasteiger partial charge in [0.05, 0.1) is 16.6 Å². The molecule has 0 fully saturated rings. The third-order valence-corrected chi connectivity index (χ3v) is 5.80. The number of ether oxygens (including phenoxy) is 1. The molecule has 0 saturated carbocycles. The maximum atomic E-state index is 5.98. The van der Waals surface area contributed by atoms with Gasteiger partial charge in [-0.1, -0.05) is 11.6 Å². The van der Waals surface area contributed by atoms with Gasteiger partial charge in [-0.2, -0.15) is 0 Å². The smallest absolute Gasteiger partial charge is 0.142 e. The van der Waals surface area contributed by atoms with Crippen LogP contribution in [0.4, 0.5) is 5.69 Å². The number of nitrogens with one attached hydrogen (secondary N) is 1. The molecule has 96 valence electrons. The van der Waals surface area contributed by atoms with Crippen molar-refractivity contribution in [2.24, 2.45) is 0 Å². The van der Waals surface area contributed by atoms with E-state index in [1.165, 1.54) is 4.88 Å². The lowest BCUT2D eigenvalue weighted by Crippen LogP contribution is -1.99. The van der Waals surface area contributed by atoms with Crippen LogP contribution in [-0.2, 0) is 6.54 Å². The molecule has 0 aliphatic heterocycles. The molecular formula is C12H10Br2ClNOS. The van der Waals surface area contributed by atoms with E-state index < -0.39 is 0 Å². The Labute approximate surface area is 132 Å². The highest BCUT2D eigenvalue weighted by Crippen LogP contribution is 2.34. The summed E-state index contributed by atoms with van der Waals surface area (Å²) >= 11 is 14.6. The molecule has 0 aliphatic carbocycles. The normalized spacial score (nSPS) is 10.4. The van der Waals surface area contributed by atoms with Crippen molar-refractivity contribution in [1.29, 1.82) is 0 Å². The van der Waals surface area contributed by atoms with Gasteiger partial charge in [-0.3, -0.25) is 0 Å². The number of rotatable bonds is 4. The second-order valence-electron chi connectivity index (χ2n) is 3.53. The molecule has 1 N–H and O–H groups in total. The zero-order valence-corrected chi connectivity index (χ0v) is 14.2. The average molecular weight is 412 g/mol. The molecule has 2 aromatic rings. The van der Waals surface area contributed by atoms with Crippen molar-refractivity contribution in [3.63, 3.8) is 0 Å². The molecule has 0 amide bonds. The first kappa shape index (κ1) is 14.2. The molecule has 1 aromatic heterocycles. The maximum Gasteiger partial charge on any atom is 0.142 e. The number of benzene rings is 1. The van der Waals surface area contributed by atoms with Crippen LogP contribution in [0.2, 0.25) is 5.02 Å². The molecule has 0 radical (unpaired) electrons. The lowest BCUT2D eigenvalue weighted by molar-refractivity contribution is 0.416. The lowest BCUT2D eigenvalue weighted by atomic mass is 10.3. The van der Waals surface area contributed by atoms with Crippen molar-refractivity contribution in [3.8, 4) is 5.75 Å². The highest BCUT2D eigenvalue weighted by Gasteiger charge is 2.06. The zero-order chi connectivity index (χ0) is 13.1. The van der Waals surface area contributed by atoms with Gasteiger partial charge in [0.1, 0.15) is 5.75 Å². The molecule has 18 heavy (non-hydrogen) atoms. The van der Waals surface area contributed by atoms with Gasteiger partial charge in [-0.15, -0.1) is 11.3 Å². The quantitative estimate of drug-likeness (QED) is 0.712. The van der Waals surface area contributed by atoms with Crippen molar-refractivity contribution >= 4 is 60.5 Å². The topological polar surface area (TPSA) is 21.3 Å². The Kier molecular flexibility index (Phi) is 4.95. The molecule has 1 aromatic carbocycles. The van der Waals surface area contributed by atoms with Crippen LogP contribution >= 0.6 is 54.8 Å². The van der Waals surface area contributed by atoms with E-state index in [2.05, 4.69) is 43.2 Å². The Morgan fingerprint density at radius 3 is 2.72 bits per heavy atom. The average Bonchev–Trinajstić information content (AvgIpc) is 2.66. The number of methoxy groups -OCH3 is 1. The van der Waals surface area contributed by atoms with E-state index in [-0.39, 0.29) is 0 Å². The SMILES string of the molecule is COc1ccc(Cl)cc1NCc1cc(Br)c(Br)s1. The van der Waals surface area contributed by atoms with Crippen LogP contribution in [0.25, 0.3) is 0 Å². The number of hydrogen-bond acceptors (Lipinski definition) is 3. The number of anilines is 1. The summed E-state index contributed by atoms with van der Waals surface area (Å²) < 4.78 is 7.45. The molecule has 6 heteroatoms. The standard InChI is InChI=1S/C12H10Br2ClNOS/c1-17-11-3-2-7(15)4-10(11)16-6-8-5-9(13)12(14)18-8/h2-5,16H,6H2,1H3. The predicted molar refractivity (Wildman–Crippen MR) is 85.0 cm³/mol. The molecule has 2 rings (SSSR count). The number of halogens is 3. The zero-order valence-electron chi connectivity index (χ0n) is 9.47. The summed E-state index contributed by atoms with van der Waals surface area (Å²) in [7, 11) is 1.65. The van der Waals surface area contributed by atoms with Crippen LogP contribution in [-0.4, -0.2) is 7.11 Å². The molecule has 0 bridgehead atoms. The van der Waals surface area contributed by atoms with Crippen LogP contribution in [0.3, 0.4) is 0 Å². The van der Waals surface area contributed by atoms with Gasteiger partial charge >= 0.3 is 0 Å². The van der Waals surface area contributed by atoms with E-state index in [1.54, 1.807) is 18.4 Å². The summed E-state index contributed by atoms with van der Waals surface area (Å²) in [6.07, 6.45) is 0. The van der Waals surface area contributed by atoms with Crippen molar-refractivity contribution in [2.75, 3.05) is 12.4 Å². The van der Waals surface area contributed by atoms with Gasteiger partial charge in [-0.25, -0.2) is 0 Å². The van der Waals surface area contributed by atoms with Gasteiger partial charge in [-0.05, 0) is 56.1 Å². The largest absolute Gasteiger partial charge is 0.495 e. The first-order valence-corrected chi connectivity index (χ1v) is 7.89. The minimum atomic E-state index is 0.687. The van der Waals surface area contributed by atoms with E-state index in [1.807, 2.05) is 18.2 Å². The Balaban J connectivity index is 2.12. The molecule has 0 saturated heterocycles. The van der Waals surface area contributed by atoms with Crippen LogP contribution in [0, 0.1) is 0 Å². The molecule has 0 spiro atoms. The van der Waals surface area contributed by atoms with Crippen molar-refractivity contribution in [2.45, 2.75) is 6.54 Å². The van der Waals surface area contributed by atoms with Crippen molar-refractivity contribution in [1.82, 2.24) is 0 Å². The lowest BCUT2D eigenvalue weighted by Gasteiger charge is -2.10. The monoisotopic (exact) mass is 409 g/mol. The molecule has 0 aliphatic rings. The van der Waals surface area contributed by atoms with Gasteiger partial charge in [0, 0.05) is 20.9 Å². The maximum absolute atomic E-state index is 5.98. The van der Waals surface area contributed by atoms with Gasteiger partial charge in [0.15, 0.2) is 0 Å². The van der Waals surface area contributed by atoms with E-state index in [9.17, 15) is 0 Å². The first-order chi connectivity index (χ1) is 8.60. The first-order valence-electron chi connectivity index (χ1n) is 5.11.